The van der Waals surface area contributed by atoms with Crippen molar-refractivity contribution in [2.75, 3.05) is 13.7 Å². The number of nitrogens with one attached hydrogen (secondary N) is 1. The van der Waals surface area contributed by atoms with Crippen LogP contribution in [0, 0.1) is 0 Å². The fraction of sp³-hybridized carbons (Fsp3) is 0.889. The van der Waals surface area contributed by atoms with Crippen LogP contribution in [-0.4, -0.2) is 38.7 Å². The Morgan fingerprint density at radius 1 is 1.50 bits per heavy atom. The summed E-state index contributed by atoms with van der Waals surface area (Å²) in [6.07, 6.45) is 3.24. The third-order valence-corrected chi connectivity index (χ3v) is 4.91. The van der Waals surface area contributed by atoms with Crippen molar-refractivity contribution in [3.63, 3.8) is 0 Å². The summed E-state index contributed by atoms with van der Waals surface area (Å²) in [7, 11) is -2.13. The zero-order valence-corrected chi connectivity index (χ0v) is 10.7. The monoisotopic (exact) mass is 269 g/mol. The van der Waals surface area contributed by atoms with Crippen LogP contribution in [-0.2, 0) is 19.6 Å². The van der Waals surface area contributed by atoms with Crippen molar-refractivity contribution in [2.24, 2.45) is 0 Å². The Kier molecular flexibility index (Phi) is 5.01. The molecule has 0 aromatic rings. The minimum absolute atomic E-state index is 0.118. The molecule has 1 saturated carbocycles. The average molecular weight is 270 g/mol. The van der Waals surface area contributed by atoms with Crippen molar-refractivity contribution in [2.45, 2.75) is 36.3 Å². The predicted molar refractivity (Wildman–Crippen MR) is 60.8 cm³/mol. The molecule has 1 aliphatic carbocycles. The summed E-state index contributed by atoms with van der Waals surface area (Å²) >= 11 is 5.64. The predicted octanol–water partition coefficient (Wildman–Crippen LogP) is 0.629. The van der Waals surface area contributed by atoms with Crippen molar-refractivity contribution >= 4 is 27.6 Å². The summed E-state index contributed by atoms with van der Waals surface area (Å²) in [4.78, 5) is 11.0. The van der Waals surface area contributed by atoms with E-state index in [1.165, 1.54) is 7.11 Å². The molecule has 1 unspecified atom stereocenters. The number of esters is 1. The zero-order chi connectivity index (χ0) is 12.2. The van der Waals surface area contributed by atoms with Gasteiger partial charge in [-0.1, -0.05) is 12.8 Å². The van der Waals surface area contributed by atoms with Gasteiger partial charge in [0, 0.05) is 6.54 Å². The third kappa shape index (κ3) is 3.61. The highest BCUT2D eigenvalue weighted by Gasteiger charge is 2.29. The van der Waals surface area contributed by atoms with Gasteiger partial charge >= 0.3 is 5.97 Å². The minimum Gasteiger partial charge on any atom is -0.468 e. The molecule has 1 atom stereocenters. The van der Waals surface area contributed by atoms with E-state index in [4.69, 9.17) is 11.6 Å². The van der Waals surface area contributed by atoms with Crippen LogP contribution in [0.5, 0.6) is 0 Å². The molecule has 0 amide bonds. The van der Waals surface area contributed by atoms with Crippen molar-refractivity contribution in [1.29, 1.82) is 0 Å². The van der Waals surface area contributed by atoms with Gasteiger partial charge < -0.3 is 4.74 Å². The van der Waals surface area contributed by atoms with E-state index < -0.39 is 21.4 Å². The number of hydrogen-bond acceptors (Lipinski definition) is 4. The molecular weight excluding hydrogens is 254 g/mol. The molecule has 16 heavy (non-hydrogen) atoms. The molecule has 0 radical (unpaired) electrons. The standard InChI is InChI=1S/C9H16ClNO4S/c1-15-9(12)8(10)6-11-16(13,14)7-4-2-3-5-7/h7-8,11H,2-6H2,1H3. The summed E-state index contributed by atoms with van der Waals surface area (Å²) in [6.45, 7) is -0.118. The highest BCUT2D eigenvalue weighted by molar-refractivity contribution is 7.90. The lowest BCUT2D eigenvalue weighted by Crippen LogP contribution is -2.38. The molecule has 0 heterocycles. The smallest absolute Gasteiger partial charge is 0.325 e. The van der Waals surface area contributed by atoms with E-state index in [1.807, 2.05) is 0 Å². The van der Waals surface area contributed by atoms with E-state index in [9.17, 15) is 13.2 Å². The highest BCUT2D eigenvalue weighted by Crippen LogP contribution is 2.23. The van der Waals surface area contributed by atoms with Gasteiger partial charge in [0.25, 0.3) is 0 Å². The van der Waals surface area contributed by atoms with Gasteiger partial charge in [-0.15, -0.1) is 11.6 Å². The first-order chi connectivity index (χ1) is 7.47. The van der Waals surface area contributed by atoms with Crippen molar-refractivity contribution in [3.8, 4) is 0 Å². The summed E-state index contributed by atoms with van der Waals surface area (Å²) in [5, 5.41) is -1.31. The molecular formula is C9H16ClNO4S. The van der Waals surface area contributed by atoms with Crippen molar-refractivity contribution < 1.29 is 17.9 Å². The molecule has 1 N–H and O–H groups in total. The lowest BCUT2D eigenvalue weighted by Gasteiger charge is -2.13. The Labute approximate surface area is 101 Å². The van der Waals surface area contributed by atoms with Crippen molar-refractivity contribution in [1.82, 2.24) is 4.72 Å². The Bertz CT molecular complexity index is 337. The number of ether oxygens (including phenoxy) is 1. The Morgan fingerprint density at radius 2 is 2.06 bits per heavy atom. The summed E-state index contributed by atoms with van der Waals surface area (Å²) in [6, 6.07) is 0. The van der Waals surface area contributed by atoms with Crippen LogP contribution in [0.4, 0.5) is 0 Å². The number of alkyl halides is 1. The topological polar surface area (TPSA) is 72.5 Å². The normalized spacial score (nSPS) is 19.6. The van der Waals surface area contributed by atoms with E-state index in [2.05, 4.69) is 9.46 Å². The van der Waals surface area contributed by atoms with E-state index in [0.29, 0.717) is 12.8 Å². The lowest BCUT2D eigenvalue weighted by molar-refractivity contribution is -0.140. The van der Waals surface area contributed by atoms with Crippen LogP contribution in [0.2, 0.25) is 0 Å². The second-order valence-corrected chi connectivity index (χ2v) is 6.36. The molecule has 94 valence electrons. The van der Waals surface area contributed by atoms with E-state index in [1.54, 1.807) is 0 Å². The maximum atomic E-state index is 11.7. The zero-order valence-electron chi connectivity index (χ0n) is 9.11. The second kappa shape index (κ2) is 5.84. The molecule has 5 nitrogen and oxygen atoms in total. The second-order valence-electron chi connectivity index (χ2n) is 3.79. The summed E-state index contributed by atoms with van der Waals surface area (Å²) in [5.74, 6) is -0.629. The maximum Gasteiger partial charge on any atom is 0.325 e. The number of halogens is 1. The fourth-order valence-corrected chi connectivity index (χ4v) is 3.56. The molecule has 0 spiro atoms. The number of hydrogen-bond donors (Lipinski definition) is 1. The van der Waals surface area contributed by atoms with Gasteiger partial charge in [0.2, 0.25) is 10.0 Å². The highest BCUT2D eigenvalue weighted by atomic mass is 35.5. The van der Waals surface area contributed by atoms with Gasteiger partial charge in [-0.2, -0.15) is 0 Å². The van der Waals surface area contributed by atoms with Gasteiger partial charge in [0.05, 0.1) is 12.4 Å². The van der Waals surface area contributed by atoms with Gasteiger partial charge in [0.1, 0.15) is 5.38 Å². The molecule has 0 aromatic carbocycles. The molecule has 0 aliphatic heterocycles. The minimum atomic E-state index is -3.34. The molecule has 0 saturated heterocycles. The van der Waals surface area contributed by atoms with Gasteiger partial charge in [-0.05, 0) is 12.8 Å². The first-order valence-electron chi connectivity index (χ1n) is 5.17. The van der Waals surface area contributed by atoms with Gasteiger partial charge in [0.15, 0.2) is 0 Å². The first-order valence-corrected chi connectivity index (χ1v) is 7.16. The first kappa shape index (κ1) is 13.7. The van der Waals surface area contributed by atoms with E-state index >= 15 is 0 Å². The number of methoxy groups -OCH3 is 1. The molecule has 0 aromatic heterocycles. The summed E-state index contributed by atoms with van der Waals surface area (Å²) in [5.41, 5.74) is 0. The van der Waals surface area contributed by atoms with Gasteiger partial charge in [-0.25, -0.2) is 13.1 Å². The average Bonchev–Trinajstić information content (AvgIpc) is 2.78. The van der Waals surface area contributed by atoms with Gasteiger partial charge in [-0.3, -0.25) is 4.79 Å². The fourth-order valence-electron chi connectivity index (χ4n) is 1.72. The van der Waals surface area contributed by atoms with Crippen molar-refractivity contribution in [3.05, 3.63) is 0 Å². The Morgan fingerprint density at radius 3 is 2.56 bits per heavy atom. The van der Waals surface area contributed by atoms with Crippen LogP contribution < -0.4 is 4.72 Å². The molecule has 1 aliphatic rings. The molecule has 7 heteroatoms. The third-order valence-electron chi connectivity index (χ3n) is 2.66. The van der Waals surface area contributed by atoms with E-state index in [0.717, 1.165) is 12.8 Å². The molecule has 1 fully saturated rings. The largest absolute Gasteiger partial charge is 0.468 e. The van der Waals surface area contributed by atoms with Crippen LogP contribution in [0.25, 0.3) is 0 Å². The maximum absolute atomic E-state index is 11.7. The number of carbonyl (C=O) groups is 1. The lowest BCUT2D eigenvalue weighted by atomic mass is 10.4. The molecule has 1 rings (SSSR count). The van der Waals surface area contributed by atoms with Crippen LogP contribution in [0.1, 0.15) is 25.7 Å². The Balaban J connectivity index is 2.44. The van der Waals surface area contributed by atoms with Crippen LogP contribution in [0.3, 0.4) is 0 Å². The SMILES string of the molecule is COC(=O)C(Cl)CNS(=O)(=O)C1CCCC1. The number of rotatable bonds is 5. The van der Waals surface area contributed by atoms with Crippen LogP contribution in [0.15, 0.2) is 0 Å². The van der Waals surface area contributed by atoms with Crippen LogP contribution >= 0.6 is 11.6 Å². The summed E-state index contributed by atoms with van der Waals surface area (Å²) < 4.78 is 30.2. The molecule has 0 bridgehead atoms. The number of carbonyl (C=O) groups excluding carboxylic acids is 1. The number of sulfonamides is 1. The Hall–Kier alpha value is -0.330. The van der Waals surface area contributed by atoms with E-state index in [-0.39, 0.29) is 11.8 Å². The quantitative estimate of drug-likeness (QED) is 0.587.